The molecular weight excluding hydrogens is 516 g/mol. The van der Waals surface area contributed by atoms with Crippen molar-refractivity contribution in [2.75, 3.05) is 26.7 Å². The molecule has 2 aliphatic heterocycles. The van der Waals surface area contributed by atoms with Gasteiger partial charge in [0.15, 0.2) is 0 Å². The molecule has 0 bridgehead atoms. The number of nitrogens with one attached hydrogen (secondary N) is 3. The molecule has 2 heterocycles. The van der Waals surface area contributed by atoms with Gasteiger partial charge in [-0.25, -0.2) is 4.99 Å². The van der Waals surface area contributed by atoms with Gasteiger partial charge in [0.05, 0.1) is 16.3 Å². The lowest BCUT2D eigenvalue weighted by Crippen LogP contribution is -2.44. The highest BCUT2D eigenvalue weighted by Gasteiger charge is 2.31. The van der Waals surface area contributed by atoms with E-state index in [0.29, 0.717) is 52.3 Å². The number of halogens is 1. The second kappa shape index (κ2) is 12.3. The summed E-state index contributed by atoms with van der Waals surface area (Å²) in [7, 11) is 1.80. The first-order valence-electron chi connectivity index (χ1n) is 14.2. The molecule has 2 saturated carbocycles. The summed E-state index contributed by atoms with van der Waals surface area (Å²) in [5.41, 5.74) is 8.33. The van der Waals surface area contributed by atoms with Gasteiger partial charge in [-0.1, -0.05) is 24.4 Å². The first kappa shape index (κ1) is 27.4. The van der Waals surface area contributed by atoms with Crippen LogP contribution in [0, 0.1) is 5.92 Å². The van der Waals surface area contributed by atoms with Gasteiger partial charge in [0, 0.05) is 57.1 Å². The summed E-state index contributed by atoms with van der Waals surface area (Å²) in [5.74, 6) is 2.06. The molecule has 0 spiro atoms. The summed E-state index contributed by atoms with van der Waals surface area (Å²) in [5, 5.41) is 9.93. The summed E-state index contributed by atoms with van der Waals surface area (Å²) in [6, 6.07) is 5.65. The van der Waals surface area contributed by atoms with E-state index in [-0.39, 0.29) is 29.8 Å². The number of likely N-dealkylation sites (tertiary alicyclic amines) is 1. The zero-order valence-electron chi connectivity index (χ0n) is 22.6. The highest BCUT2D eigenvalue weighted by molar-refractivity contribution is 6.32. The molecule has 39 heavy (non-hydrogen) atoms. The molecule has 5 rings (SSSR count). The van der Waals surface area contributed by atoms with Crippen molar-refractivity contribution in [3.05, 3.63) is 46.3 Å². The van der Waals surface area contributed by atoms with Crippen LogP contribution in [0.5, 0.6) is 5.75 Å². The van der Waals surface area contributed by atoms with Crippen molar-refractivity contribution in [2.24, 2.45) is 16.6 Å². The summed E-state index contributed by atoms with van der Waals surface area (Å²) in [4.78, 5) is 32.0. The summed E-state index contributed by atoms with van der Waals surface area (Å²) in [6.45, 7) is 2.06. The van der Waals surface area contributed by atoms with Gasteiger partial charge in [0.25, 0.3) is 0 Å². The van der Waals surface area contributed by atoms with E-state index in [1.807, 2.05) is 23.1 Å². The third-order valence-electron chi connectivity index (χ3n) is 7.93. The third-order valence-corrected chi connectivity index (χ3v) is 8.23. The van der Waals surface area contributed by atoms with Crippen molar-refractivity contribution in [3.8, 4) is 5.75 Å². The van der Waals surface area contributed by atoms with Crippen LogP contribution in [-0.2, 0) is 9.59 Å². The fourth-order valence-corrected chi connectivity index (χ4v) is 5.72. The fraction of sp³-hybridized carbons (Fsp3) is 0.552. The Morgan fingerprint density at radius 2 is 1.87 bits per heavy atom. The van der Waals surface area contributed by atoms with Gasteiger partial charge < -0.3 is 31.3 Å². The van der Waals surface area contributed by atoms with E-state index in [0.717, 1.165) is 51.6 Å². The Kier molecular flexibility index (Phi) is 8.65. The van der Waals surface area contributed by atoms with Gasteiger partial charge in [-0.15, -0.1) is 0 Å². The number of aliphatic imine (C=N–C) groups is 1. The topological polar surface area (TPSA) is 121 Å². The smallest absolute Gasteiger partial charge is 0.247 e. The monoisotopic (exact) mass is 554 g/mol. The van der Waals surface area contributed by atoms with Crippen molar-refractivity contribution in [1.82, 2.24) is 20.9 Å². The molecule has 1 aromatic rings. The van der Waals surface area contributed by atoms with Crippen molar-refractivity contribution in [1.29, 1.82) is 0 Å². The molecule has 1 aromatic carbocycles. The first-order valence-corrected chi connectivity index (χ1v) is 14.6. The summed E-state index contributed by atoms with van der Waals surface area (Å²) in [6.07, 6.45) is 10.5. The number of amidine groups is 1. The van der Waals surface area contributed by atoms with Crippen LogP contribution in [-0.4, -0.2) is 61.4 Å². The van der Waals surface area contributed by atoms with E-state index in [1.165, 1.54) is 12.8 Å². The zero-order chi connectivity index (χ0) is 27.4. The van der Waals surface area contributed by atoms with Crippen LogP contribution >= 0.6 is 11.6 Å². The maximum Gasteiger partial charge on any atom is 0.247 e. The average molecular weight is 555 g/mol. The van der Waals surface area contributed by atoms with E-state index in [1.54, 1.807) is 13.1 Å². The predicted octanol–water partition coefficient (Wildman–Crippen LogP) is 3.52. The second-order valence-corrected chi connectivity index (χ2v) is 11.3. The number of carbonyl (C=O) groups excluding carboxylic acids is 2. The number of hydrogen-bond acceptors (Lipinski definition) is 6. The third kappa shape index (κ3) is 6.87. The molecule has 0 aromatic heterocycles. The predicted molar refractivity (Wildman–Crippen MR) is 153 cm³/mol. The second-order valence-electron chi connectivity index (χ2n) is 10.9. The molecule has 10 heteroatoms. The number of benzene rings is 1. The van der Waals surface area contributed by atoms with E-state index in [4.69, 9.17) is 22.1 Å². The SMILES string of the molecule is CNC1=C(C(N)=Nc2ccc(OC3CCN(C(=O)C4CCCC4)CC3)c(Cl)c2)C=C(C(=O)NC2CC2)CCN1. The molecule has 0 unspecified atom stereocenters. The van der Waals surface area contributed by atoms with Crippen molar-refractivity contribution >= 4 is 34.9 Å². The Balaban J connectivity index is 1.23. The van der Waals surface area contributed by atoms with E-state index in [2.05, 4.69) is 20.9 Å². The Morgan fingerprint density at radius 1 is 1.13 bits per heavy atom. The molecule has 1 saturated heterocycles. The molecule has 5 N–H and O–H groups in total. The zero-order valence-corrected chi connectivity index (χ0v) is 23.4. The van der Waals surface area contributed by atoms with Gasteiger partial charge in [-0.3, -0.25) is 9.59 Å². The van der Waals surface area contributed by atoms with Crippen LogP contribution < -0.4 is 26.4 Å². The minimum Gasteiger partial charge on any atom is -0.489 e. The molecule has 4 aliphatic rings. The van der Waals surface area contributed by atoms with Crippen LogP contribution in [0.1, 0.15) is 57.8 Å². The van der Waals surface area contributed by atoms with Gasteiger partial charge in [0.1, 0.15) is 23.5 Å². The van der Waals surface area contributed by atoms with Crippen molar-refractivity contribution in [2.45, 2.75) is 69.9 Å². The van der Waals surface area contributed by atoms with Crippen LogP contribution in [0.2, 0.25) is 5.02 Å². The molecule has 9 nitrogen and oxygen atoms in total. The van der Waals surface area contributed by atoms with E-state index >= 15 is 0 Å². The first-order chi connectivity index (χ1) is 18.9. The minimum absolute atomic E-state index is 0.0142. The molecule has 0 radical (unpaired) electrons. The quantitative estimate of drug-likeness (QED) is 0.288. The van der Waals surface area contributed by atoms with Crippen LogP contribution in [0.15, 0.2) is 46.2 Å². The lowest BCUT2D eigenvalue weighted by molar-refractivity contribution is -0.137. The van der Waals surface area contributed by atoms with E-state index in [9.17, 15) is 9.59 Å². The Bertz CT molecular complexity index is 1180. The van der Waals surface area contributed by atoms with Crippen molar-refractivity contribution < 1.29 is 14.3 Å². The normalized spacial score (nSPS) is 21.2. The standard InChI is InChI=1S/C29H39ClN6O3/c1-32-27-23(16-19(10-13-33-27)28(37)35-20-6-7-20)26(31)34-21-8-9-25(24(30)17-21)39-22-11-14-36(15-12-22)29(38)18-4-2-3-5-18/h8-9,16-18,20,22,32-33H,2-7,10-15H2,1H3,(H2,31,34)(H,35,37). The highest BCUT2D eigenvalue weighted by atomic mass is 35.5. The molecule has 0 atom stereocenters. The Hall–Kier alpha value is -3.20. The molecule has 2 amide bonds. The number of ether oxygens (including phenoxy) is 1. The van der Waals surface area contributed by atoms with Crippen molar-refractivity contribution in [3.63, 3.8) is 0 Å². The van der Waals surface area contributed by atoms with Crippen LogP contribution in [0.25, 0.3) is 0 Å². The molecule has 2 aliphatic carbocycles. The van der Waals surface area contributed by atoms with Crippen LogP contribution in [0.3, 0.4) is 0 Å². The number of hydrogen-bond donors (Lipinski definition) is 4. The Labute approximate surface area is 235 Å². The van der Waals surface area contributed by atoms with Gasteiger partial charge in [-0.05, 0) is 56.4 Å². The number of amides is 2. The largest absolute Gasteiger partial charge is 0.489 e. The van der Waals surface area contributed by atoms with Gasteiger partial charge in [-0.2, -0.15) is 0 Å². The molecular formula is C29H39ClN6O3. The van der Waals surface area contributed by atoms with Gasteiger partial charge >= 0.3 is 0 Å². The fourth-order valence-electron chi connectivity index (χ4n) is 5.50. The number of carbonyl (C=O) groups is 2. The minimum atomic E-state index is -0.0553. The summed E-state index contributed by atoms with van der Waals surface area (Å²) < 4.78 is 6.21. The average Bonchev–Trinajstić information content (AvgIpc) is 3.64. The number of nitrogens with two attached hydrogens (primary N) is 1. The number of rotatable bonds is 8. The number of nitrogens with zero attached hydrogens (tertiary/aromatic N) is 2. The number of piperidine rings is 1. The van der Waals surface area contributed by atoms with E-state index < -0.39 is 0 Å². The molecule has 210 valence electrons. The lowest BCUT2D eigenvalue weighted by atomic mass is 10.0. The lowest BCUT2D eigenvalue weighted by Gasteiger charge is -2.33. The Morgan fingerprint density at radius 3 is 2.54 bits per heavy atom. The van der Waals surface area contributed by atoms with Crippen LogP contribution in [0.4, 0.5) is 5.69 Å². The maximum absolute atomic E-state index is 12.7. The summed E-state index contributed by atoms with van der Waals surface area (Å²) >= 11 is 6.58. The molecule has 3 fully saturated rings. The highest BCUT2D eigenvalue weighted by Crippen LogP contribution is 2.33. The maximum atomic E-state index is 12.7. The van der Waals surface area contributed by atoms with Gasteiger partial charge in [0.2, 0.25) is 11.8 Å².